The maximum atomic E-state index is 12.4. The molecule has 0 bridgehead atoms. The van der Waals surface area contributed by atoms with Crippen LogP contribution >= 0.6 is 11.6 Å². The highest BCUT2D eigenvalue weighted by molar-refractivity contribution is 6.30. The van der Waals surface area contributed by atoms with Crippen LogP contribution in [0.1, 0.15) is 16.1 Å². The molecule has 0 saturated carbocycles. The summed E-state index contributed by atoms with van der Waals surface area (Å²) < 4.78 is 10.3. The predicted molar refractivity (Wildman–Crippen MR) is 103 cm³/mol. The van der Waals surface area contributed by atoms with E-state index in [4.69, 9.17) is 20.8 Å². The number of furan rings is 1. The fourth-order valence-corrected chi connectivity index (χ4v) is 2.56. The minimum atomic E-state index is -0.418. The van der Waals surface area contributed by atoms with Gasteiger partial charge >= 0.3 is 0 Å². The Morgan fingerprint density at radius 1 is 1.04 bits per heavy atom. The Morgan fingerprint density at radius 3 is 2.48 bits per heavy atom. The molecule has 0 fully saturated rings. The fourth-order valence-electron chi connectivity index (χ4n) is 2.44. The molecule has 3 aromatic rings. The Balaban J connectivity index is 1.76. The summed E-state index contributed by atoms with van der Waals surface area (Å²) in [4.78, 5) is 24.6. The van der Waals surface area contributed by atoms with Crippen LogP contribution < -0.4 is 15.4 Å². The summed E-state index contributed by atoms with van der Waals surface area (Å²) in [6, 6.07) is 15.2. The Hall–Kier alpha value is -3.25. The van der Waals surface area contributed by atoms with Crippen LogP contribution in [0, 0.1) is 0 Å². The van der Waals surface area contributed by atoms with Gasteiger partial charge in [-0.2, -0.15) is 0 Å². The van der Waals surface area contributed by atoms with Crippen molar-refractivity contribution in [2.75, 3.05) is 17.7 Å². The Kier molecular flexibility index (Phi) is 5.78. The number of carbonyl (C=O) groups excluding carboxylic acids is 2. The molecule has 2 amide bonds. The summed E-state index contributed by atoms with van der Waals surface area (Å²) in [5.74, 6) is 0.0643. The van der Waals surface area contributed by atoms with E-state index in [0.717, 1.165) is 5.56 Å². The largest absolute Gasteiger partial charge is 0.497 e. The Bertz CT molecular complexity index is 937. The summed E-state index contributed by atoms with van der Waals surface area (Å²) >= 11 is 5.86. The number of rotatable bonds is 6. The first-order chi connectivity index (χ1) is 13.0. The van der Waals surface area contributed by atoms with E-state index in [1.807, 2.05) is 0 Å². The van der Waals surface area contributed by atoms with Gasteiger partial charge in [0.1, 0.15) is 5.75 Å². The minimum absolute atomic E-state index is 0.167. The van der Waals surface area contributed by atoms with Crippen molar-refractivity contribution < 1.29 is 18.7 Å². The molecule has 7 heteroatoms. The van der Waals surface area contributed by atoms with Gasteiger partial charge < -0.3 is 19.8 Å². The maximum Gasteiger partial charge on any atom is 0.291 e. The molecule has 0 atom stereocenters. The average molecular weight is 385 g/mol. The predicted octanol–water partition coefficient (Wildman–Crippen LogP) is 4.38. The number of ether oxygens (including phenoxy) is 1. The maximum absolute atomic E-state index is 12.4. The van der Waals surface area contributed by atoms with Gasteiger partial charge in [-0.3, -0.25) is 9.59 Å². The van der Waals surface area contributed by atoms with E-state index in [9.17, 15) is 9.59 Å². The molecule has 138 valence electrons. The van der Waals surface area contributed by atoms with E-state index in [2.05, 4.69) is 10.6 Å². The lowest BCUT2D eigenvalue weighted by molar-refractivity contribution is -0.115. The lowest BCUT2D eigenvalue weighted by Gasteiger charge is -2.13. The quantitative estimate of drug-likeness (QED) is 0.661. The van der Waals surface area contributed by atoms with Crippen LogP contribution in [-0.4, -0.2) is 18.9 Å². The smallest absolute Gasteiger partial charge is 0.291 e. The molecule has 1 heterocycles. The number of amides is 2. The molecule has 1 aromatic heterocycles. The number of halogens is 1. The Labute approximate surface area is 161 Å². The number of hydrogen-bond acceptors (Lipinski definition) is 4. The van der Waals surface area contributed by atoms with Crippen LogP contribution in [0.15, 0.2) is 65.3 Å². The molecule has 0 spiro atoms. The number of nitrogens with one attached hydrogen (secondary N) is 2. The monoisotopic (exact) mass is 384 g/mol. The molecule has 0 unspecified atom stereocenters. The molecule has 0 radical (unpaired) electrons. The molecule has 3 rings (SSSR count). The molecule has 2 aromatic carbocycles. The van der Waals surface area contributed by atoms with Gasteiger partial charge in [-0.25, -0.2) is 0 Å². The topological polar surface area (TPSA) is 80.6 Å². The van der Waals surface area contributed by atoms with E-state index in [1.165, 1.54) is 13.4 Å². The van der Waals surface area contributed by atoms with Gasteiger partial charge in [0.2, 0.25) is 5.91 Å². The standard InChI is InChI=1S/C20H17ClN2O4/c1-26-15-8-9-16(23-20(25)18-3-2-10-27-18)17(12-15)22-19(24)11-13-4-6-14(21)7-5-13/h2-10,12H,11H2,1H3,(H,22,24)(H,23,25). The zero-order chi connectivity index (χ0) is 19.2. The third kappa shape index (κ3) is 4.89. The molecular weight excluding hydrogens is 368 g/mol. The number of hydrogen-bond donors (Lipinski definition) is 2. The molecule has 0 aliphatic rings. The SMILES string of the molecule is COc1ccc(NC(=O)c2ccco2)c(NC(=O)Cc2ccc(Cl)cc2)c1. The van der Waals surface area contributed by atoms with Gasteiger partial charge in [-0.05, 0) is 42.0 Å². The second kappa shape index (κ2) is 8.42. The molecule has 0 aliphatic heterocycles. The van der Waals surface area contributed by atoms with E-state index < -0.39 is 5.91 Å². The van der Waals surface area contributed by atoms with Crippen LogP contribution in [0.4, 0.5) is 11.4 Å². The molecule has 0 aliphatic carbocycles. The van der Waals surface area contributed by atoms with Crippen LogP contribution in [0.5, 0.6) is 5.75 Å². The summed E-state index contributed by atoms with van der Waals surface area (Å²) in [5, 5.41) is 6.13. The van der Waals surface area contributed by atoms with Crippen LogP contribution in [-0.2, 0) is 11.2 Å². The van der Waals surface area contributed by atoms with Crippen molar-refractivity contribution in [3.63, 3.8) is 0 Å². The van der Waals surface area contributed by atoms with Crippen LogP contribution in [0.2, 0.25) is 5.02 Å². The van der Waals surface area contributed by atoms with Crippen molar-refractivity contribution in [3.05, 3.63) is 77.2 Å². The summed E-state index contributed by atoms with van der Waals surface area (Å²) in [6.07, 6.45) is 1.58. The zero-order valence-electron chi connectivity index (χ0n) is 14.5. The zero-order valence-corrected chi connectivity index (χ0v) is 15.2. The molecule has 27 heavy (non-hydrogen) atoms. The summed E-state index contributed by atoms with van der Waals surface area (Å²) in [5.41, 5.74) is 1.68. The third-order valence-electron chi connectivity index (χ3n) is 3.77. The van der Waals surface area contributed by atoms with Crippen LogP contribution in [0.3, 0.4) is 0 Å². The van der Waals surface area contributed by atoms with Crippen molar-refractivity contribution in [1.29, 1.82) is 0 Å². The molecular formula is C20H17ClN2O4. The first-order valence-corrected chi connectivity index (χ1v) is 8.50. The number of carbonyl (C=O) groups is 2. The van der Waals surface area contributed by atoms with Gasteiger partial charge in [0.25, 0.3) is 5.91 Å². The minimum Gasteiger partial charge on any atom is -0.497 e. The van der Waals surface area contributed by atoms with Gasteiger partial charge in [0.15, 0.2) is 5.76 Å². The van der Waals surface area contributed by atoms with Crippen molar-refractivity contribution in [2.45, 2.75) is 6.42 Å². The number of anilines is 2. The highest BCUT2D eigenvalue weighted by Gasteiger charge is 2.14. The summed E-state index contributed by atoms with van der Waals surface area (Å²) in [6.45, 7) is 0. The fraction of sp³-hybridized carbons (Fsp3) is 0.100. The van der Waals surface area contributed by atoms with E-state index in [0.29, 0.717) is 22.1 Å². The van der Waals surface area contributed by atoms with Gasteiger partial charge in [-0.1, -0.05) is 23.7 Å². The molecule has 0 saturated heterocycles. The van der Waals surface area contributed by atoms with Gasteiger partial charge in [0, 0.05) is 11.1 Å². The van der Waals surface area contributed by atoms with E-state index in [1.54, 1.807) is 54.6 Å². The van der Waals surface area contributed by atoms with Crippen LogP contribution in [0.25, 0.3) is 0 Å². The average Bonchev–Trinajstić information content (AvgIpc) is 3.20. The lowest BCUT2D eigenvalue weighted by Crippen LogP contribution is -2.18. The van der Waals surface area contributed by atoms with Crippen molar-refractivity contribution in [1.82, 2.24) is 0 Å². The second-order valence-electron chi connectivity index (χ2n) is 5.69. The first kappa shape index (κ1) is 18.5. The first-order valence-electron chi connectivity index (χ1n) is 8.12. The van der Waals surface area contributed by atoms with Gasteiger partial charge in [0.05, 0.1) is 31.2 Å². The second-order valence-corrected chi connectivity index (χ2v) is 6.13. The molecule has 2 N–H and O–H groups in total. The third-order valence-corrected chi connectivity index (χ3v) is 4.02. The van der Waals surface area contributed by atoms with Gasteiger partial charge in [-0.15, -0.1) is 0 Å². The van der Waals surface area contributed by atoms with E-state index >= 15 is 0 Å². The highest BCUT2D eigenvalue weighted by atomic mass is 35.5. The summed E-state index contributed by atoms with van der Waals surface area (Å²) in [7, 11) is 1.52. The Morgan fingerprint density at radius 2 is 1.81 bits per heavy atom. The highest BCUT2D eigenvalue weighted by Crippen LogP contribution is 2.28. The van der Waals surface area contributed by atoms with Crippen molar-refractivity contribution >= 4 is 34.8 Å². The van der Waals surface area contributed by atoms with Crippen molar-refractivity contribution in [3.8, 4) is 5.75 Å². The van der Waals surface area contributed by atoms with E-state index in [-0.39, 0.29) is 18.1 Å². The lowest BCUT2D eigenvalue weighted by atomic mass is 10.1. The number of benzene rings is 2. The number of methoxy groups -OCH3 is 1. The van der Waals surface area contributed by atoms with Crippen molar-refractivity contribution in [2.24, 2.45) is 0 Å². The molecule has 6 nitrogen and oxygen atoms in total. The normalized spacial score (nSPS) is 10.3.